The van der Waals surface area contributed by atoms with Crippen LogP contribution in [0.25, 0.3) is 0 Å². The van der Waals surface area contributed by atoms with Gasteiger partial charge in [-0.05, 0) is 30.7 Å². The molecular weight excluding hydrogens is 314 g/mol. The third kappa shape index (κ3) is 4.33. The summed E-state index contributed by atoms with van der Waals surface area (Å²) in [7, 11) is 0. The Hall–Kier alpha value is -2.47. The second kappa shape index (κ2) is 8.07. The monoisotopic (exact) mass is 339 g/mol. The number of carbonyl (C=O) groups excluding carboxylic acids is 1. The summed E-state index contributed by atoms with van der Waals surface area (Å²) >= 11 is 0. The number of rotatable bonds is 5. The van der Waals surface area contributed by atoms with E-state index in [1.165, 1.54) is 11.9 Å². The van der Waals surface area contributed by atoms with E-state index in [9.17, 15) is 4.79 Å². The van der Waals surface area contributed by atoms with Crippen LogP contribution in [0.3, 0.4) is 0 Å². The van der Waals surface area contributed by atoms with Gasteiger partial charge in [0.2, 0.25) is 0 Å². The Morgan fingerprint density at radius 2 is 1.80 bits per heavy atom. The summed E-state index contributed by atoms with van der Waals surface area (Å²) in [5.74, 6) is 0.609. The Morgan fingerprint density at radius 3 is 2.44 bits per heavy atom. The molecule has 1 amide bonds. The molecule has 0 atom stereocenters. The minimum absolute atomic E-state index is 0.208. The maximum atomic E-state index is 12.5. The second-order valence-electron chi connectivity index (χ2n) is 6.19. The third-order valence-electron chi connectivity index (χ3n) is 4.65. The molecule has 2 heterocycles. The van der Waals surface area contributed by atoms with Gasteiger partial charge in [0.1, 0.15) is 17.8 Å². The predicted molar refractivity (Wildman–Crippen MR) is 100 cm³/mol. The third-order valence-corrected chi connectivity index (χ3v) is 4.65. The SMILES string of the molecule is CCc1ccc(NC(=O)c2cc(N3CCN(CC)CC3)ncn2)cc1. The second-order valence-corrected chi connectivity index (χ2v) is 6.19. The largest absolute Gasteiger partial charge is 0.354 e. The van der Waals surface area contributed by atoms with Crippen molar-refractivity contribution in [3.63, 3.8) is 0 Å². The van der Waals surface area contributed by atoms with Gasteiger partial charge in [-0.2, -0.15) is 0 Å². The van der Waals surface area contributed by atoms with E-state index in [4.69, 9.17) is 0 Å². The summed E-state index contributed by atoms with van der Waals surface area (Å²) in [6.45, 7) is 9.24. The van der Waals surface area contributed by atoms with Crippen LogP contribution in [0.15, 0.2) is 36.7 Å². The lowest BCUT2D eigenvalue weighted by atomic mass is 10.1. The van der Waals surface area contributed by atoms with Gasteiger partial charge in [-0.3, -0.25) is 4.79 Å². The fraction of sp³-hybridized carbons (Fsp3) is 0.421. The number of carbonyl (C=O) groups is 1. The highest BCUT2D eigenvalue weighted by Gasteiger charge is 2.18. The van der Waals surface area contributed by atoms with Crippen molar-refractivity contribution in [1.82, 2.24) is 14.9 Å². The van der Waals surface area contributed by atoms with Crippen molar-refractivity contribution < 1.29 is 4.79 Å². The first kappa shape index (κ1) is 17.4. The molecule has 3 rings (SSSR count). The molecule has 0 unspecified atom stereocenters. The van der Waals surface area contributed by atoms with Gasteiger partial charge in [0, 0.05) is 37.9 Å². The molecule has 1 aliphatic rings. The van der Waals surface area contributed by atoms with Crippen molar-refractivity contribution in [1.29, 1.82) is 0 Å². The molecule has 0 spiro atoms. The number of anilines is 2. The minimum atomic E-state index is -0.208. The van der Waals surface area contributed by atoms with E-state index in [2.05, 4.69) is 38.9 Å². The molecule has 0 aliphatic carbocycles. The number of benzene rings is 1. The summed E-state index contributed by atoms with van der Waals surface area (Å²) in [5, 5.41) is 2.90. The molecule has 1 saturated heterocycles. The highest BCUT2D eigenvalue weighted by molar-refractivity contribution is 6.03. The van der Waals surface area contributed by atoms with Crippen molar-refractivity contribution in [2.75, 3.05) is 42.9 Å². The Morgan fingerprint density at radius 1 is 1.08 bits per heavy atom. The molecule has 25 heavy (non-hydrogen) atoms. The first-order valence-electron chi connectivity index (χ1n) is 8.89. The standard InChI is InChI=1S/C19H25N5O/c1-3-15-5-7-16(8-6-15)22-19(25)17-13-18(21-14-20-17)24-11-9-23(4-2)10-12-24/h5-8,13-14H,3-4,9-12H2,1-2H3,(H,22,25). The minimum Gasteiger partial charge on any atom is -0.354 e. The number of aryl methyl sites for hydroxylation is 1. The number of piperazine rings is 1. The fourth-order valence-corrected chi connectivity index (χ4v) is 2.96. The maximum absolute atomic E-state index is 12.5. The van der Waals surface area contributed by atoms with Crippen molar-refractivity contribution >= 4 is 17.4 Å². The lowest BCUT2D eigenvalue weighted by molar-refractivity contribution is 0.102. The number of nitrogens with one attached hydrogen (secondary N) is 1. The molecule has 1 aliphatic heterocycles. The highest BCUT2D eigenvalue weighted by atomic mass is 16.1. The summed E-state index contributed by atoms with van der Waals surface area (Å²) in [6.07, 6.45) is 2.45. The smallest absolute Gasteiger partial charge is 0.274 e. The van der Waals surface area contributed by atoms with Crippen LogP contribution < -0.4 is 10.2 Å². The summed E-state index contributed by atoms with van der Waals surface area (Å²) in [6, 6.07) is 9.66. The fourth-order valence-electron chi connectivity index (χ4n) is 2.96. The van der Waals surface area contributed by atoms with E-state index in [0.717, 1.165) is 50.6 Å². The van der Waals surface area contributed by atoms with Crippen LogP contribution in [0.4, 0.5) is 11.5 Å². The van der Waals surface area contributed by atoms with E-state index in [0.29, 0.717) is 5.69 Å². The van der Waals surface area contributed by atoms with Crippen molar-refractivity contribution in [2.45, 2.75) is 20.3 Å². The highest BCUT2D eigenvalue weighted by Crippen LogP contribution is 2.16. The number of hydrogen-bond acceptors (Lipinski definition) is 5. The molecular formula is C19H25N5O. The number of likely N-dealkylation sites (N-methyl/N-ethyl adjacent to an activating group) is 1. The molecule has 0 bridgehead atoms. The first-order chi connectivity index (χ1) is 12.2. The van der Waals surface area contributed by atoms with Gasteiger partial charge < -0.3 is 15.1 Å². The lowest BCUT2D eigenvalue weighted by Crippen LogP contribution is -2.46. The van der Waals surface area contributed by atoms with Gasteiger partial charge in [-0.1, -0.05) is 26.0 Å². The molecule has 1 fully saturated rings. The van der Waals surface area contributed by atoms with E-state index in [1.807, 2.05) is 24.3 Å². The topological polar surface area (TPSA) is 61.4 Å². The zero-order chi connectivity index (χ0) is 17.6. The van der Waals surface area contributed by atoms with Crippen LogP contribution in [0.5, 0.6) is 0 Å². The molecule has 6 nitrogen and oxygen atoms in total. The zero-order valence-corrected chi connectivity index (χ0v) is 14.9. The normalized spacial score (nSPS) is 15.2. The maximum Gasteiger partial charge on any atom is 0.274 e. The Bertz CT molecular complexity index is 708. The van der Waals surface area contributed by atoms with E-state index in [1.54, 1.807) is 6.07 Å². The van der Waals surface area contributed by atoms with Crippen LogP contribution in [-0.2, 0) is 6.42 Å². The van der Waals surface area contributed by atoms with Gasteiger partial charge in [0.05, 0.1) is 0 Å². The van der Waals surface area contributed by atoms with Crippen molar-refractivity contribution in [3.05, 3.63) is 47.9 Å². The molecule has 0 saturated carbocycles. The van der Waals surface area contributed by atoms with E-state index < -0.39 is 0 Å². The zero-order valence-electron chi connectivity index (χ0n) is 14.9. The number of amides is 1. The van der Waals surface area contributed by atoms with Gasteiger partial charge in [0.25, 0.3) is 5.91 Å². The van der Waals surface area contributed by atoms with Crippen molar-refractivity contribution in [3.8, 4) is 0 Å². The first-order valence-corrected chi connectivity index (χ1v) is 8.89. The van der Waals surface area contributed by atoms with Gasteiger partial charge >= 0.3 is 0 Å². The van der Waals surface area contributed by atoms with Gasteiger partial charge in [-0.15, -0.1) is 0 Å². The number of aromatic nitrogens is 2. The van der Waals surface area contributed by atoms with Gasteiger partial charge in [-0.25, -0.2) is 9.97 Å². The van der Waals surface area contributed by atoms with E-state index in [-0.39, 0.29) is 5.91 Å². The molecule has 0 radical (unpaired) electrons. The Kier molecular flexibility index (Phi) is 5.60. The molecule has 1 aromatic heterocycles. The van der Waals surface area contributed by atoms with Crippen molar-refractivity contribution in [2.24, 2.45) is 0 Å². The number of hydrogen-bond donors (Lipinski definition) is 1. The predicted octanol–water partition coefficient (Wildman–Crippen LogP) is 2.43. The lowest BCUT2D eigenvalue weighted by Gasteiger charge is -2.34. The summed E-state index contributed by atoms with van der Waals surface area (Å²) < 4.78 is 0. The molecule has 2 aromatic rings. The number of nitrogens with zero attached hydrogens (tertiary/aromatic N) is 4. The molecule has 132 valence electrons. The van der Waals surface area contributed by atoms with Crippen LogP contribution in [0.1, 0.15) is 29.9 Å². The quantitative estimate of drug-likeness (QED) is 0.906. The molecule has 1 aromatic carbocycles. The van der Waals surface area contributed by atoms with Crippen LogP contribution >= 0.6 is 0 Å². The van der Waals surface area contributed by atoms with Crippen LogP contribution in [0, 0.1) is 0 Å². The Balaban J connectivity index is 1.67. The molecule has 1 N–H and O–H groups in total. The summed E-state index contributed by atoms with van der Waals surface area (Å²) in [5.41, 5.74) is 2.41. The van der Waals surface area contributed by atoms with Crippen LogP contribution in [-0.4, -0.2) is 53.5 Å². The van der Waals surface area contributed by atoms with E-state index >= 15 is 0 Å². The van der Waals surface area contributed by atoms with Crippen LogP contribution in [0.2, 0.25) is 0 Å². The summed E-state index contributed by atoms with van der Waals surface area (Å²) in [4.78, 5) is 25.6. The average Bonchev–Trinajstić information content (AvgIpc) is 2.68. The molecule has 6 heteroatoms. The Labute approximate surface area is 148 Å². The van der Waals surface area contributed by atoms with Gasteiger partial charge in [0.15, 0.2) is 0 Å². The average molecular weight is 339 g/mol.